The Bertz CT molecular complexity index is 662. The van der Waals surface area contributed by atoms with Gasteiger partial charge < -0.3 is 10.7 Å². The highest BCUT2D eigenvalue weighted by Gasteiger charge is 2.11. The van der Waals surface area contributed by atoms with Crippen molar-refractivity contribution < 1.29 is 4.92 Å². The topological polar surface area (TPSA) is 106 Å². The largest absolute Gasteiger partial charge is 0.340 e. The molecule has 0 saturated heterocycles. The van der Waals surface area contributed by atoms with Crippen LogP contribution in [0.25, 0.3) is 0 Å². The van der Waals surface area contributed by atoms with E-state index in [0.29, 0.717) is 5.82 Å². The Morgan fingerprint density at radius 2 is 2.00 bits per heavy atom. The lowest BCUT2D eigenvalue weighted by Gasteiger charge is -2.10. The maximum atomic E-state index is 10.9. The minimum absolute atomic E-state index is 0.0944. The number of nitrogen functional groups attached to an aromatic ring is 1. The van der Waals surface area contributed by atoms with E-state index < -0.39 is 4.92 Å². The summed E-state index contributed by atoms with van der Waals surface area (Å²) in [5, 5.41) is 13.9. The summed E-state index contributed by atoms with van der Waals surface area (Å²) in [5.41, 5.74) is 4.01. The molecule has 0 aliphatic carbocycles. The van der Waals surface area contributed by atoms with Gasteiger partial charge in [0.15, 0.2) is 0 Å². The van der Waals surface area contributed by atoms with Crippen molar-refractivity contribution in [3.8, 4) is 0 Å². The van der Waals surface area contributed by atoms with E-state index in [-0.39, 0.29) is 11.5 Å². The van der Waals surface area contributed by atoms with Crippen molar-refractivity contribution >= 4 is 38.9 Å². The molecule has 8 heteroatoms. The monoisotopic (exact) mass is 337 g/mol. The van der Waals surface area contributed by atoms with Crippen LogP contribution in [0.4, 0.5) is 23.0 Å². The van der Waals surface area contributed by atoms with Crippen LogP contribution >= 0.6 is 15.9 Å². The van der Waals surface area contributed by atoms with Gasteiger partial charge in [-0.25, -0.2) is 10.8 Å². The molecule has 0 spiro atoms. The summed E-state index contributed by atoms with van der Waals surface area (Å²) < 4.78 is 0.896. The Labute approximate surface area is 123 Å². The van der Waals surface area contributed by atoms with Gasteiger partial charge in [0, 0.05) is 10.2 Å². The summed E-state index contributed by atoms with van der Waals surface area (Å²) in [7, 11) is 0. The molecule has 20 heavy (non-hydrogen) atoms. The van der Waals surface area contributed by atoms with E-state index in [1.807, 2.05) is 25.1 Å². The number of nitrogens with zero attached hydrogens (tertiary/aromatic N) is 2. The molecule has 0 fully saturated rings. The maximum Gasteiger partial charge on any atom is 0.276 e. The number of halogens is 1. The quantitative estimate of drug-likeness (QED) is 0.449. The van der Waals surface area contributed by atoms with E-state index in [1.54, 1.807) is 0 Å². The number of nitrogens with one attached hydrogen (secondary N) is 2. The third kappa shape index (κ3) is 3.22. The molecule has 0 unspecified atom stereocenters. The van der Waals surface area contributed by atoms with Crippen molar-refractivity contribution in [2.75, 3.05) is 10.7 Å². The first kappa shape index (κ1) is 14.2. The standard InChI is InChI=1S/C12H12BrN5O2/c1-7-2-3-8(13)4-10(7)15-11-5-9(18(19)20)6-12(16-11)17-14/h2-6H,14H2,1H3,(H2,15,16,17). The third-order valence-corrected chi connectivity index (χ3v) is 3.12. The summed E-state index contributed by atoms with van der Waals surface area (Å²) in [4.78, 5) is 14.5. The fourth-order valence-corrected chi connectivity index (χ4v) is 1.99. The van der Waals surface area contributed by atoms with Crippen molar-refractivity contribution in [3.63, 3.8) is 0 Å². The SMILES string of the molecule is Cc1ccc(Br)cc1Nc1cc([N+](=O)[O-])cc(NN)n1. The number of anilines is 3. The Kier molecular flexibility index (Phi) is 4.16. The van der Waals surface area contributed by atoms with E-state index in [0.717, 1.165) is 15.7 Å². The number of nitrogens with two attached hydrogens (primary N) is 1. The zero-order valence-electron chi connectivity index (χ0n) is 10.6. The molecule has 0 aliphatic heterocycles. The van der Waals surface area contributed by atoms with E-state index in [2.05, 4.69) is 31.7 Å². The molecule has 0 radical (unpaired) electrons. The van der Waals surface area contributed by atoms with Crippen molar-refractivity contribution in [1.29, 1.82) is 0 Å². The van der Waals surface area contributed by atoms with E-state index >= 15 is 0 Å². The van der Waals surface area contributed by atoms with Gasteiger partial charge in [0.1, 0.15) is 11.6 Å². The van der Waals surface area contributed by atoms with Gasteiger partial charge in [-0.2, -0.15) is 0 Å². The number of aromatic nitrogens is 1. The fourth-order valence-electron chi connectivity index (χ4n) is 1.63. The predicted octanol–water partition coefficient (Wildman–Crippen LogP) is 3.09. The summed E-state index contributed by atoms with van der Waals surface area (Å²) in [5.74, 6) is 5.82. The zero-order valence-corrected chi connectivity index (χ0v) is 12.1. The highest BCUT2D eigenvalue weighted by Crippen LogP contribution is 2.26. The minimum atomic E-state index is -0.499. The van der Waals surface area contributed by atoms with Gasteiger partial charge in [-0.15, -0.1) is 0 Å². The molecular formula is C12H12BrN5O2. The van der Waals surface area contributed by atoms with Crippen molar-refractivity contribution in [3.05, 3.63) is 50.5 Å². The first-order valence-electron chi connectivity index (χ1n) is 5.66. The molecule has 0 bridgehead atoms. The summed E-state index contributed by atoms with van der Waals surface area (Å²) >= 11 is 3.37. The number of pyridine rings is 1. The number of rotatable bonds is 4. The van der Waals surface area contributed by atoms with Crippen molar-refractivity contribution in [1.82, 2.24) is 4.98 Å². The van der Waals surface area contributed by atoms with Crippen molar-refractivity contribution in [2.24, 2.45) is 5.84 Å². The molecule has 104 valence electrons. The van der Waals surface area contributed by atoms with Crippen LogP contribution in [0.5, 0.6) is 0 Å². The average Bonchev–Trinajstić information content (AvgIpc) is 2.42. The first-order valence-corrected chi connectivity index (χ1v) is 6.45. The number of hydrazine groups is 1. The fraction of sp³-hybridized carbons (Fsp3) is 0.0833. The smallest absolute Gasteiger partial charge is 0.276 e. The number of benzene rings is 1. The molecule has 2 aromatic rings. The summed E-state index contributed by atoms with van der Waals surface area (Å²) in [6.07, 6.45) is 0. The lowest BCUT2D eigenvalue weighted by atomic mass is 10.2. The normalized spacial score (nSPS) is 10.2. The summed E-state index contributed by atoms with van der Waals surface area (Å²) in [6, 6.07) is 8.31. The van der Waals surface area contributed by atoms with Gasteiger partial charge in [0.2, 0.25) is 0 Å². The maximum absolute atomic E-state index is 10.9. The molecule has 0 saturated carbocycles. The minimum Gasteiger partial charge on any atom is -0.340 e. The zero-order chi connectivity index (χ0) is 14.7. The lowest BCUT2D eigenvalue weighted by molar-refractivity contribution is -0.384. The molecule has 1 aromatic carbocycles. The molecule has 4 N–H and O–H groups in total. The van der Waals surface area contributed by atoms with Crippen LogP contribution in [0, 0.1) is 17.0 Å². The van der Waals surface area contributed by atoms with Gasteiger partial charge in [-0.1, -0.05) is 22.0 Å². The molecule has 2 rings (SSSR count). The van der Waals surface area contributed by atoms with Crippen LogP contribution in [-0.2, 0) is 0 Å². The Balaban J connectivity index is 2.39. The first-order chi connectivity index (χ1) is 9.49. The third-order valence-electron chi connectivity index (χ3n) is 2.63. The second kappa shape index (κ2) is 5.85. The molecule has 1 aromatic heterocycles. The van der Waals surface area contributed by atoms with Gasteiger partial charge in [-0.05, 0) is 24.6 Å². The Morgan fingerprint density at radius 1 is 1.30 bits per heavy atom. The number of nitro groups is 1. The van der Waals surface area contributed by atoms with Gasteiger partial charge in [0.05, 0.1) is 17.1 Å². The van der Waals surface area contributed by atoms with Crippen LogP contribution in [-0.4, -0.2) is 9.91 Å². The van der Waals surface area contributed by atoms with Gasteiger partial charge in [0.25, 0.3) is 5.69 Å². The molecule has 7 nitrogen and oxygen atoms in total. The number of hydrogen-bond donors (Lipinski definition) is 3. The van der Waals surface area contributed by atoms with E-state index in [9.17, 15) is 10.1 Å². The lowest BCUT2D eigenvalue weighted by Crippen LogP contribution is -2.10. The van der Waals surface area contributed by atoms with Crippen LogP contribution in [0.15, 0.2) is 34.8 Å². The highest BCUT2D eigenvalue weighted by molar-refractivity contribution is 9.10. The Morgan fingerprint density at radius 3 is 2.65 bits per heavy atom. The van der Waals surface area contributed by atoms with Crippen molar-refractivity contribution in [2.45, 2.75) is 6.92 Å². The average molecular weight is 338 g/mol. The van der Waals surface area contributed by atoms with E-state index in [4.69, 9.17) is 5.84 Å². The summed E-state index contributed by atoms with van der Waals surface area (Å²) in [6.45, 7) is 1.92. The number of aryl methyl sites for hydroxylation is 1. The van der Waals surface area contributed by atoms with Gasteiger partial charge >= 0.3 is 0 Å². The second-order valence-electron chi connectivity index (χ2n) is 4.08. The molecule has 0 aliphatic rings. The van der Waals surface area contributed by atoms with Crippen LogP contribution in [0.3, 0.4) is 0 Å². The Hall–Kier alpha value is -2.19. The van der Waals surface area contributed by atoms with E-state index in [1.165, 1.54) is 12.1 Å². The highest BCUT2D eigenvalue weighted by atomic mass is 79.9. The molecular weight excluding hydrogens is 326 g/mol. The van der Waals surface area contributed by atoms with Crippen LogP contribution in [0.1, 0.15) is 5.56 Å². The number of hydrogen-bond acceptors (Lipinski definition) is 6. The molecule has 0 amide bonds. The second-order valence-corrected chi connectivity index (χ2v) is 5.00. The van der Waals surface area contributed by atoms with Crippen LogP contribution in [0.2, 0.25) is 0 Å². The predicted molar refractivity (Wildman–Crippen MR) is 80.9 cm³/mol. The van der Waals surface area contributed by atoms with Crippen LogP contribution < -0.4 is 16.6 Å². The van der Waals surface area contributed by atoms with Gasteiger partial charge in [-0.3, -0.25) is 10.1 Å². The molecule has 0 atom stereocenters. The molecule has 1 heterocycles.